The summed E-state index contributed by atoms with van der Waals surface area (Å²) in [7, 11) is 1.81. The first-order valence-corrected chi connectivity index (χ1v) is 10.3. The highest BCUT2D eigenvalue weighted by Gasteiger charge is 2.22. The lowest BCUT2D eigenvalue weighted by molar-refractivity contribution is 0.0783. The maximum absolute atomic E-state index is 13.3. The van der Waals surface area contributed by atoms with Crippen molar-refractivity contribution in [3.8, 4) is 0 Å². The van der Waals surface area contributed by atoms with E-state index in [1.54, 1.807) is 21.6 Å². The summed E-state index contributed by atoms with van der Waals surface area (Å²) in [5.74, 6) is -0.0949. The molecule has 0 aliphatic heterocycles. The second kappa shape index (κ2) is 8.14. The van der Waals surface area contributed by atoms with Gasteiger partial charge in [-0.1, -0.05) is 49.7 Å². The van der Waals surface area contributed by atoms with E-state index in [1.807, 2.05) is 61.0 Å². The van der Waals surface area contributed by atoms with Crippen molar-refractivity contribution < 1.29 is 4.79 Å². The molecule has 3 heterocycles. The third kappa shape index (κ3) is 3.49. The van der Waals surface area contributed by atoms with E-state index in [9.17, 15) is 9.59 Å². The van der Waals surface area contributed by atoms with Crippen LogP contribution < -0.4 is 5.56 Å². The van der Waals surface area contributed by atoms with Gasteiger partial charge in [-0.3, -0.25) is 14.0 Å². The highest BCUT2D eigenvalue weighted by molar-refractivity contribution is 5.98. The molecular formula is C24H26N4O2. The predicted octanol–water partition coefficient (Wildman–Crippen LogP) is 3.88. The van der Waals surface area contributed by atoms with E-state index in [0.717, 1.165) is 24.0 Å². The van der Waals surface area contributed by atoms with Crippen molar-refractivity contribution >= 4 is 22.6 Å². The third-order valence-electron chi connectivity index (χ3n) is 5.49. The van der Waals surface area contributed by atoms with Crippen molar-refractivity contribution in [2.45, 2.75) is 33.2 Å². The lowest BCUT2D eigenvalue weighted by Crippen LogP contribution is -2.29. The minimum absolute atomic E-state index is 0.0949. The number of fused-ring (bicyclic) bond motifs is 2. The van der Waals surface area contributed by atoms with Gasteiger partial charge in [0.05, 0.1) is 5.39 Å². The van der Waals surface area contributed by atoms with E-state index in [-0.39, 0.29) is 11.5 Å². The highest BCUT2D eigenvalue weighted by atomic mass is 16.2. The minimum Gasteiger partial charge on any atom is -0.340 e. The summed E-state index contributed by atoms with van der Waals surface area (Å²) in [4.78, 5) is 33.0. The van der Waals surface area contributed by atoms with Crippen molar-refractivity contribution in [3.63, 3.8) is 0 Å². The van der Waals surface area contributed by atoms with Gasteiger partial charge in [0.15, 0.2) is 0 Å². The number of carbonyl (C=O) groups is 1. The topological polar surface area (TPSA) is 59.6 Å². The SMILES string of the molecule is CCCCN(C)C(=O)c1cc2c(=O)n3cccc(C)c3nc2n1Cc1ccccc1. The Bertz CT molecular complexity index is 1270. The van der Waals surface area contributed by atoms with Crippen LogP contribution in [0.1, 0.15) is 41.4 Å². The molecule has 0 bridgehead atoms. The first-order chi connectivity index (χ1) is 14.5. The summed E-state index contributed by atoms with van der Waals surface area (Å²) in [5.41, 5.74) is 3.46. The average Bonchev–Trinajstić information content (AvgIpc) is 3.11. The van der Waals surface area contributed by atoms with Crippen molar-refractivity contribution in [1.82, 2.24) is 18.9 Å². The van der Waals surface area contributed by atoms with Crippen LogP contribution in [0.15, 0.2) is 59.5 Å². The molecule has 0 saturated carbocycles. The number of aromatic nitrogens is 3. The summed E-state index contributed by atoms with van der Waals surface area (Å²) in [5, 5.41) is 0.460. The van der Waals surface area contributed by atoms with Crippen molar-refractivity contribution in [2.24, 2.45) is 0 Å². The van der Waals surface area contributed by atoms with Crippen LogP contribution in [0.4, 0.5) is 0 Å². The molecule has 1 amide bonds. The van der Waals surface area contributed by atoms with Crippen LogP contribution in [0.2, 0.25) is 0 Å². The fourth-order valence-electron chi connectivity index (χ4n) is 3.76. The zero-order valence-electron chi connectivity index (χ0n) is 17.6. The lowest BCUT2D eigenvalue weighted by atomic mass is 10.2. The number of hydrogen-bond donors (Lipinski definition) is 0. The number of amides is 1. The largest absolute Gasteiger partial charge is 0.340 e. The maximum atomic E-state index is 13.3. The monoisotopic (exact) mass is 402 g/mol. The molecule has 0 saturated heterocycles. The number of unbranched alkanes of at least 4 members (excludes halogenated alkanes) is 1. The van der Waals surface area contributed by atoms with Gasteiger partial charge in [-0.15, -0.1) is 0 Å². The van der Waals surface area contributed by atoms with Crippen LogP contribution in [0.3, 0.4) is 0 Å². The second-order valence-electron chi connectivity index (χ2n) is 7.72. The molecule has 30 heavy (non-hydrogen) atoms. The van der Waals surface area contributed by atoms with Crippen LogP contribution in [0.5, 0.6) is 0 Å². The molecule has 0 atom stereocenters. The molecule has 0 aliphatic carbocycles. The molecule has 6 nitrogen and oxygen atoms in total. The van der Waals surface area contributed by atoms with Gasteiger partial charge in [-0.25, -0.2) is 4.98 Å². The third-order valence-corrected chi connectivity index (χ3v) is 5.49. The maximum Gasteiger partial charge on any atom is 0.270 e. The van der Waals surface area contributed by atoms with E-state index in [1.165, 1.54) is 0 Å². The van der Waals surface area contributed by atoms with Gasteiger partial charge in [0.2, 0.25) is 0 Å². The van der Waals surface area contributed by atoms with Gasteiger partial charge < -0.3 is 9.47 Å². The predicted molar refractivity (Wildman–Crippen MR) is 119 cm³/mol. The lowest BCUT2D eigenvalue weighted by Gasteiger charge is -2.18. The summed E-state index contributed by atoms with van der Waals surface area (Å²) in [6.07, 6.45) is 3.67. The Labute approximate surface area is 175 Å². The zero-order valence-corrected chi connectivity index (χ0v) is 17.6. The Kier molecular flexibility index (Phi) is 5.40. The first-order valence-electron chi connectivity index (χ1n) is 10.3. The second-order valence-corrected chi connectivity index (χ2v) is 7.72. The number of rotatable bonds is 6. The van der Waals surface area contributed by atoms with Gasteiger partial charge in [-0.2, -0.15) is 0 Å². The Morgan fingerprint density at radius 1 is 1.10 bits per heavy atom. The summed E-state index contributed by atoms with van der Waals surface area (Å²) in [6, 6.07) is 15.4. The molecule has 0 fully saturated rings. The van der Waals surface area contributed by atoms with Crippen LogP contribution in [-0.2, 0) is 6.54 Å². The smallest absolute Gasteiger partial charge is 0.270 e. The Morgan fingerprint density at radius 3 is 2.60 bits per heavy atom. The summed E-state index contributed by atoms with van der Waals surface area (Å²) >= 11 is 0. The molecule has 0 radical (unpaired) electrons. The molecule has 4 aromatic rings. The van der Waals surface area contributed by atoms with Crippen LogP contribution in [0, 0.1) is 6.92 Å². The number of aryl methyl sites for hydroxylation is 1. The number of nitrogens with zero attached hydrogens (tertiary/aromatic N) is 4. The van der Waals surface area contributed by atoms with Crippen LogP contribution in [0.25, 0.3) is 16.7 Å². The average molecular weight is 402 g/mol. The molecule has 0 spiro atoms. The van der Waals surface area contributed by atoms with E-state index in [0.29, 0.717) is 35.5 Å². The van der Waals surface area contributed by atoms with Gasteiger partial charge in [0, 0.05) is 26.3 Å². The number of pyridine rings is 1. The van der Waals surface area contributed by atoms with Crippen molar-refractivity contribution in [1.29, 1.82) is 0 Å². The van der Waals surface area contributed by atoms with Crippen LogP contribution in [-0.4, -0.2) is 38.4 Å². The minimum atomic E-state index is -0.157. The standard InChI is InChI=1S/C24H26N4O2/c1-4-5-13-26(3)24(30)20-15-19-22(28(20)16-18-11-7-6-8-12-18)25-21-17(2)10-9-14-27(21)23(19)29/h6-12,14-15H,4-5,13,16H2,1-3H3. The van der Waals surface area contributed by atoms with Gasteiger partial charge >= 0.3 is 0 Å². The van der Waals surface area contributed by atoms with Gasteiger partial charge in [0.25, 0.3) is 11.5 Å². The number of hydrogen-bond acceptors (Lipinski definition) is 3. The van der Waals surface area contributed by atoms with Crippen LogP contribution >= 0.6 is 0 Å². The Balaban J connectivity index is 1.95. The molecule has 6 heteroatoms. The number of carbonyl (C=O) groups excluding carboxylic acids is 1. The first kappa shape index (κ1) is 19.9. The Hall–Kier alpha value is -3.41. The molecule has 4 rings (SSSR count). The fourth-order valence-corrected chi connectivity index (χ4v) is 3.76. The van der Waals surface area contributed by atoms with Crippen molar-refractivity contribution in [3.05, 3.63) is 81.9 Å². The zero-order chi connectivity index (χ0) is 21.3. The summed E-state index contributed by atoms with van der Waals surface area (Å²) < 4.78 is 3.43. The molecule has 154 valence electrons. The molecule has 3 aromatic heterocycles. The van der Waals surface area contributed by atoms with E-state index in [4.69, 9.17) is 4.98 Å². The Morgan fingerprint density at radius 2 is 1.87 bits per heavy atom. The molecule has 1 aromatic carbocycles. The molecule has 0 aliphatic rings. The molecule has 0 N–H and O–H groups in total. The molecule has 0 unspecified atom stereocenters. The van der Waals surface area contributed by atoms with Gasteiger partial charge in [-0.05, 0) is 36.6 Å². The summed E-state index contributed by atoms with van der Waals surface area (Å²) in [6.45, 7) is 5.18. The molecular weight excluding hydrogens is 376 g/mol. The van der Waals surface area contributed by atoms with E-state index < -0.39 is 0 Å². The van der Waals surface area contributed by atoms with Crippen molar-refractivity contribution in [2.75, 3.05) is 13.6 Å². The van der Waals surface area contributed by atoms with E-state index in [2.05, 4.69) is 6.92 Å². The van der Waals surface area contributed by atoms with E-state index >= 15 is 0 Å². The fraction of sp³-hybridized carbons (Fsp3) is 0.292. The highest BCUT2D eigenvalue weighted by Crippen LogP contribution is 2.21. The quantitative estimate of drug-likeness (QED) is 0.492. The van der Waals surface area contributed by atoms with Gasteiger partial charge in [0.1, 0.15) is 17.0 Å². The normalized spacial score (nSPS) is 11.3. The number of benzene rings is 1.